The maximum Gasteiger partial charge on any atom is 0.122 e. The van der Waals surface area contributed by atoms with Crippen LogP contribution in [0.1, 0.15) is 40.8 Å². The zero-order valence-corrected chi connectivity index (χ0v) is 12.5. The molecule has 0 aliphatic carbocycles. The van der Waals surface area contributed by atoms with E-state index in [0.29, 0.717) is 6.61 Å². The Balaban J connectivity index is 2.03. The molecule has 0 aliphatic heterocycles. The lowest BCUT2D eigenvalue weighted by Crippen LogP contribution is -1.97. The second kappa shape index (κ2) is 6.22. The van der Waals surface area contributed by atoms with Crippen LogP contribution in [-0.4, -0.2) is 5.11 Å². The van der Waals surface area contributed by atoms with E-state index >= 15 is 0 Å². The molecule has 0 spiro atoms. The third-order valence-electron chi connectivity index (χ3n) is 3.12. The molecule has 1 atom stereocenters. The van der Waals surface area contributed by atoms with E-state index in [9.17, 15) is 5.11 Å². The molecule has 2 aromatic rings. The van der Waals surface area contributed by atoms with Crippen molar-refractivity contribution in [2.45, 2.75) is 39.9 Å². The molecule has 1 aromatic heterocycles. The van der Waals surface area contributed by atoms with Crippen molar-refractivity contribution in [2.24, 2.45) is 0 Å². The Labute approximate surface area is 118 Å². The fourth-order valence-corrected chi connectivity index (χ4v) is 2.80. The van der Waals surface area contributed by atoms with Crippen molar-refractivity contribution in [3.05, 3.63) is 51.2 Å². The SMILES string of the molecule is CCc1ccc(COc2ccc([C@@H](C)O)cc2C)s1. The van der Waals surface area contributed by atoms with Crippen LogP contribution in [0, 0.1) is 6.92 Å². The molecule has 0 fully saturated rings. The average Bonchev–Trinajstić information content (AvgIpc) is 2.85. The predicted octanol–water partition coefficient (Wildman–Crippen LogP) is 4.25. The van der Waals surface area contributed by atoms with E-state index in [-0.39, 0.29) is 0 Å². The van der Waals surface area contributed by atoms with Gasteiger partial charge in [-0.25, -0.2) is 0 Å². The summed E-state index contributed by atoms with van der Waals surface area (Å²) < 4.78 is 5.84. The smallest absolute Gasteiger partial charge is 0.122 e. The van der Waals surface area contributed by atoms with Gasteiger partial charge in [-0.3, -0.25) is 0 Å². The first-order chi connectivity index (χ1) is 9.10. The van der Waals surface area contributed by atoms with Crippen LogP contribution >= 0.6 is 11.3 Å². The van der Waals surface area contributed by atoms with E-state index in [2.05, 4.69) is 19.1 Å². The number of benzene rings is 1. The molecule has 0 radical (unpaired) electrons. The number of aliphatic hydroxyl groups excluding tert-OH is 1. The van der Waals surface area contributed by atoms with E-state index in [0.717, 1.165) is 23.3 Å². The van der Waals surface area contributed by atoms with Gasteiger partial charge in [0.25, 0.3) is 0 Å². The van der Waals surface area contributed by atoms with E-state index < -0.39 is 6.10 Å². The fourth-order valence-electron chi connectivity index (χ4n) is 1.93. The number of rotatable bonds is 5. The number of hydrogen-bond donors (Lipinski definition) is 1. The molecule has 0 unspecified atom stereocenters. The molecule has 0 aliphatic rings. The van der Waals surface area contributed by atoms with Crippen molar-refractivity contribution in [2.75, 3.05) is 0 Å². The van der Waals surface area contributed by atoms with Gasteiger partial charge < -0.3 is 9.84 Å². The van der Waals surface area contributed by atoms with Crippen LogP contribution in [0.2, 0.25) is 0 Å². The van der Waals surface area contributed by atoms with Gasteiger partial charge >= 0.3 is 0 Å². The zero-order chi connectivity index (χ0) is 13.8. The first kappa shape index (κ1) is 14.1. The van der Waals surface area contributed by atoms with Gasteiger partial charge in [0.05, 0.1) is 6.10 Å². The van der Waals surface area contributed by atoms with Crippen molar-refractivity contribution in [1.29, 1.82) is 0 Å². The average molecular weight is 276 g/mol. The summed E-state index contributed by atoms with van der Waals surface area (Å²) in [5.74, 6) is 0.885. The van der Waals surface area contributed by atoms with Gasteiger partial charge in [-0.1, -0.05) is 13.0 Å². The Morgan fingerprint density at radius 3 is 2.53 bits per heavy atom. The summed E-state index contributed by atoms with van der Waals surface area (Å²) in [5.41, 5.74) is 1.99. The molecular weight excluding hydrogens is 256 g/mol. The van der Waals surface area contributed by atoms with Gasteiger partial charge in [-0.05, 0) is 55.7 Å². The summed E-state index contributed by atoms with van der Waals surface area (Å²) in [5, 5.41) is 9.54. The predicted molar refractivity (Wildman–Crippen MR) is 79.8 cm³/mol. The van der Waals surface area contributed by atoms with Gasteiger partial charge in [0, 0.05) is 9.75 Å². The molecule has 1 N–H and O–H groups in total. The monoisotopic (exact) mass is 276 g/mol. The standard InChI is InChI=1S/C16H20O2S/c1-4-14-6-7-15(19-14)10-18-16-8-5-13(12(3)17)9-11(16)2/h5-9,12,17H,4,10H2,1-3H3/t12-/m1/s1. The molecule has 0 amide bonds. The summed E-state index contributed by atoms with van der Waals surface area (Å²) >= 11 is 1.80. The largest absolute Gasteiger partial charge is 0.488 e. The van der Waals surface area contributed by atoms with Crippen molar-refractivity contribution in [3.8, 4) is 5.75 Å². The van der Waals surface area contributed by atoms with E-state index in [1.54, 1.807) is 18.3 Å². The van der Waals surface area contributed by atoms with Crippen LogP contribution in [0.4, 0.5) is 0 Å². The van der Waals surface area contributed by atoms with Crippen LogP contribution in [0.5, 0.6) is 5.75 Å². The number of hydrogen-bond acceptors (Lipinski definition) is 3. The summed E-state index contributed by atoms with van der Waals surface area (Å²) in [6.07, 6.45) is 0.643. The maximum atomic E-state index is 9.54. The summed E-state index contributed by atoms with van der Waals surface area (Å²) in [6.45, 7) is 6.55. The van der Waals surface area contributed by atoms with Crippen molar-refractivity contribution in [3.63, 3.8) is 0 Å². The van der Waals surface area contributed by atoms with Gasteiger partial charge in [-0.2, -0.15) is 0 Å². The zero-order valence-electron chi connectivity index (χ0n) is 11.6. The molecule has 102 valence electrons. The number of thiophene rings is 1. The molecule has 19 heavy (non-hydrogen) atoms. The third kappa shape index (κ3) is 3.58. The van der Waals surface area contributed by atoms with E-state index in [4.69, 9.17) is 4.74 Å². The lowest BCUT2D eigenvalue weighted by molar-refractivity contribution is 0.199. The second-order valence-electron chi connectivity index (χ2n) is 4.71. The van der Waals surface area contributed by atoms with Crippen LogP contribution in [-0.2, 0) is 13.0 Å². The topological polar surface area (TPSA) is 29.5 Å². The Morgan fingerprint density at radius 1 is 1.21 bits per heavy atom. The molecule has 3 heteroatoms. The van der Waals surface area contributed by atoms with Crippen LogP contribution in [0.25, 0.3) is 0 Å². The Kier molecular flexibility index (Phi) is 4.61. The highest BCUT2D eigenvalue weighted by molar-refractivity contribution is 7.11. The molecule has 1 heterocycles. The van der Waals surface area contributed by atoms with Gasteiger partial charge in [0.1, 0.15) is 12.4 Å². The van der Waals surface area contributed by atoms with E-state index in [1.807, 2.05) is 25.1 Å². The minimum absolute atomic E-state index is 0.433. The molecule has 0 saturated carbocycles. The summed E-state index contributed by atoms with van der Waals surface area (Å²) in [6, 6.07) is 10.1. The first-order valence-corrected chi connectivity index (χ1v) is 7.40. The van der Waals surface area contributed by atoms with Crippen molar-refractivity contribution in [1.82, 2.24) is 0 Å². The van der Waals surface area contributed by atoms with Gasteiger partial charge in [-0.15, -0.1) is 11.3 Å². The van der Waals surface area contributed by atoms with Crippen LogP contribution in [0.15, 0.2) is 30.3 Å². The van der Waals surface area contributed by atoms with Gasteiger partial charge in [0.2, 0.25) is 0 Å². The van der Waals surface area contributed by atoms with Crippen molar-refractivity contribution >= 4 is 11.3 Å². The lowest BCUT2D eigenvalue weighted by Gasteiger charge is -2.11. The lowest BCUT2D eigenvalue weighted by atomic mass is 10.1. The Hall–Kier alpha value is -1.32. The molecule has 2 rings (SSSR count). The number of ether oxygens (including phenoxy) is 1. The maximum absolute atomic E-state index is 9.54. The Bertz CT molecular complexity index is 543. The third-order valence-corrected chi connectivity index (χ3v) is 4.32. The highest BCUT2D eigenvalue weighted by atomic mass is 32.1. The molecule has 0 saturated heterocycles. The van der Waals surface area contributed by atoms with E-state index in [1.165, 1.54) is 9.75 Å². The molecule has 1 aromatic carbocycles. The number of aliphatic hydroxyl groups is 1. The molecular formula is C16H20O2S. The molecule has 2 nitrogen and oxygen atoms in total. The highest BCUT2D eigenvalue weighted by Crippen LogP contribution is 2.25. The Morgan fingerprint density at radius 2 is 1.95 bits per heavy atom. The minimum Gasteiger partial charge on any atom is -0.488 e. The second-order valence-corrected chi connectivity index (χ2v) is 5.96. The molecule has 0 bridgehead atoms. The quantitative estimate of drug-likeness (QED) is 0.884. The van der Waals surface area contributed by atoms with Crippen LogP contribution in [0.3, 0.4) is 0 Å². The summed E-state index contributed by atoms with van der Waals surface area (Å²) in [4.78, 5) is 2.63. The first-order valence-electron chi connectivity index (χ1n) is 6.59. The summed E-state index contributed by atoms with van der Waals surface area (Å²) in [7, 11) is 0. The van der Waals surface area contributed by atoms with Crippen molar-refractivity contribution < 1.29 is 9.84 Å². The van der Waals surface area contributed by atoms with Crippen LogP contribution < -0.4 is 4.74 Å². The normalized spacial score (nSPS) is 12.4. The highest BCUT2D eigenvalue weighted by Gasteiger charge is 2.06. The van der Waals surface area contributed by atoms with Gasteiger partial charge in [0.15, 0.2) is 0 Å². The fraction of sp³-hybridized carbons (Fsp3) is 0.375. The number of aryl methyl sites for hydroxylation is 2. The minimum atomic E-state index is -0.433.